The molecule has 0 radical (unpaired) electrons. The second-order valence-electron chi connectivity index (χ2n) is 15.0. The number of nitrogens with zero attached hydrogens (tertiary/aromatic N) is 1. The van der Waals surface area contributed by atoms with Gasteiger partial charge in [0.05, 0.1) is 0 Å². The van der Waals surface area contributed by atoms with E-state index in [0.29, 0.717) is 0 Å². The van der Waals surface area contributed by atoms with Crippen molar-refractivity contribution in [1.82, 2.24) is 0 Å². The third-order valence-electron chi connectivity index (χ3n) is 10.6. The van der Waals surface area contributed by atoms with Gasteiger partial charge in [-0.25, -0.2) is 0 Å². The van der Waals surface area contributed by atoms with Crippen molar-refractivity contribution in [3.8, 4) is 22.3 Å². The Bertz CT molecular complexity index is 1730. The summed E-state index contributed by atoms with van der Waals surface area (Å²) in [6.45, 7) is 11.7. The maximum atomic E-state index is 10.1. The first kappa shape index (κ1) is 27.0. The Morgan fingerprint density at radius 3 is 1.91 bits per heavy atom. The Labute approximate surface area is 269 Å². The van der Waals surface area contributed by atoms with Crippen molar-refractivity contribution in [1.29, 1.82) is 0 Å². The fourth-order valence-electron chi connectivity index (χ4n) is 8.49. The molecule has 3 aliphatic carbocycles. The molecule has 0 atom stereocenters. The Kier molecular flexibility index (Phi) is 7.10. The van der Waals surface area contributed by atoms with E-state index in [9.17, 15) is 2.74 Å². The molecule has 2 saturated carbocycles. The molecule has 0 amide bonds. The minimum absolute atomic E-state index is 0.123. The Morgan fingerprint density at radius 2 is 1.23 bits per heavy atom. The normalized spacial score (nSPS) is 20.7. The average Bonchev–Trinajstić information content (AvgIpc) is 3.27. The van der Waals surface area contributed by atoms with Gasteiger partial charge in [0.1, 0.15) is 0 Å². The zero-order chi connectivity index (χ0) is 32.3. The van der Waals surface area contributed by atoms with Crippen molar-refractivity contribution < 1.29 is 2.74 Å². The lowest BCUT2D eigenvalue weighted by Gasteiger charge is -2.43. The van der Waals surface area contributed by atoms with Crippen molar-refractivity contribution in [2.24, 2.45) is 0 Å². The molecule has 0 aromatic heterocycles. The summed E-state index contributed by atoms with van der Waals surface area (Å²) in [5.74, 6) is -1.31. The van der Waals surface area contributed by atoms with Crippen molar-refractivity contribution in [2.45, 2.75) is 122 Å². The van der Waals surface area contributed by atoms with Crippen LogP contribution in [0, 0.1) is 0 Å². The fourth-order valence-corrected chi connectivity index (χ4v) is 8.49. The van der Waals surface area contributed by atoms with Crippen molar-refractivity contribution in [3.05, 3.63) is 107 Å². The van der Waals surface area contributed by atoms with Gasteiger partial charge >= 0.3 is 0 Å². The van der Waals surface area contributed by atoms with Gasteiger partial charge in [-0.2, -0.15) is 0 Å². The summed E-state index contributed by atoms with van der Waals surface area (Å²) in [5.41, 5.74) is 11.9. The largest absolute Gasteiger partial charge is 0.336 e. The first-order chi connectivity index (χ1) is 21.9. The van der Waals surface area contributed by atoms with Crippen LogP contribution >= 0.6 is 0 Å². The highest BCUT2D eigenvalue weighted by Crippen LogP contribution is 2.55. The van der Waals surface area contributed by atoms with Gasteiger partial charge in [-0.1, -0.05) is 125 Å². The van der Waals surface area contributed by atoms with E-state index in [1.54, 1.807) is 0 Å². The molecule has 2 fully saturated rings. The SMILES string of the molecule is [2H]C1(c2cc3c(cc2N(c2cccc(-c4ccccc4)c2C2([2H])CCCCC2)C(C)(C)C)-c2ccccc2C3(C)C)CCCCC1. The smallest absolute Gasteiger partial charge is 0.0457 e. The van der Waals surface area contributed by atoms with E-state index in [1.807, 2.05) is 0 Å². The number of hydrogen-bond donors (Lipinski definition) is 0. The minimum atomic E-state index is -0.668. The van der Waals surface area contributed by atoms with Crippen molar-refractivity contribution >= 4 is 11.4 Å². The molecular formula is C43H51N. The quantitative estimate of drug-likeness (QED) is 0.226. The summed E-state index contributed by atoms with van der Waals surface area (Å²) < 4.78 is 20.3. The van der Waals surface area contributed by atoms with Crippen LogP contribution in [0.2, 0.25) is 0 Å². The maximum absolute atomic E-state index is 10.1. The predicted molar refractivity (Wildman–Crippen MR) is 189 cm³/mol. The third-order valence-corrected chi connectivity index (χ3v) is 10.6. The standard InChI is InChI=1S/C43H51N/c1-42(2,3)44(39-27-17-25-33(30-18-9-6-10-19-30)41(39)32-22-13-8-14-23-32)40-29-36-34-24-15-16-26-37(34)43(4,5)38(36)28-35(40)31-20-11-7-12-21-31/h6,9-10,15-19,24-29,31-32H,7-8,11-14,20-23H2,1-5H3/i31D,32D. The summed E-state index contributed by atoms with van der Waals surface area (Å²) in [5, 5.41) is 0. The van der Waals surface area contributed by atoms with Gasteiger partial charge in [-0.15, -0.1) is 0 Å². The highest BCUT2D eigenvalue weighted by atomic mass is 15.2. The maximum Gasteiger partial charge on any atom is 0.0457 e. The molecule has 4 aromatic carbocycles. The topological polar surface area (TPSA) is 3.24 Å². The van der Waals surface area contributed by atoms with Gasteiger partial charge in [0.15, 0.2) is 0 Å². The summed E-state index contributed by atoms with van der Waals surface area (Å²) >= 11 is 0. The molecule has 0 unspecified atom stereocenters. The van der Waals surface area contributed by atoms with Crippen LogP contribution in [0.5, 0.6) is 0 Å². The summed E-state index contributed by atoms with van der Waals surface area (Å²) in [6, 6.07) is 31.3. The first-order valence-corrected chi connectivity index (χ1v) is 17.2. The van der Waals surface area contributed by atoms with E-state index in [0.717, 1.165) is 68.3 Å². The van der Waals surface area contributed by atoms with Crippen LogP contribution < -0.4 is 4.90 Å². The highest BCUT2D eigenvalue weighted by Gasteiger charge is 2.39. The van der Waals surface area contributed by atoms with E-state index in [1.165, 1.54) is 51.8 Å². The zero-order valence-corrected chi connectivity index (χ0v) is 27.6. The number of benzene rings is 4. The van der Waals surface area contributed by atoms with Gasteiger partial charge in [0, 0.05) is 25.1 Å². The molecule has 44 heavy (non-hydrogen) atoms. The van der Waals surface area contributed by atoms with Crippen LogP contribution in [0.15, 0.2) is 84.9 Å². The molecule has 1 nitrogen and oxygen atoms in total. The molecule has 0 N–H and O–H groups in total. The van der Waals surface area contributed by atoms with Crippen LogP contribution in [-0.4, -0.2) is 5.54 Å². The van der Waals surface area contributed by atoms with Gasteiger partial charge in [-0.05, 0) is 115 Å². The summed E-state index contributed by atoms with van der Waals surface area (Å²) in [4.78, 5) is 2.55. The molecule has 0 aliphatic heterocycles. The van der Waals surface area contributed by atoms with E-state index in [4.69, 9.17) is 0 Å². The van der Waals surface area contributed by atoms with Crippen LogP contribution in [-0.2, 0) is 5.41 Å². The zero-order valence-electron chi connectivity index (χ0n) is 29.6. The number of anilines is 2. The number of hydrogen-bond acceptors (Lipinski definition) is 1. The van der Waals surface area contributed by atoms with Crippen LogP contribution in [0.1, 0.15) is 136 Å². The molecular weight excluding hydrogens is 530 g/mol. The lowest BCUT2D eigenvalue weighted by molar-refractivity contribution is 0.438. The Balaban J connectivity index is 1.55. The van der Waals surface area contributed by atoms with Crippen molar-refractivity contribution in [2.75, 3.05) is 4.90 Å². The fraction of sp³-hybridized carbons (Fsp3) is 0.442. The molecule has 1 heteroatoms. The lowest BCUT2D eigenvalue weighted by Crippen LogP contribution is -2.39. The van der Waals surface area contributed by atoms with Gasteiger partial charge < -0.3 is 4.90 Å². The second-order valence-corrected chi connectivity index (χ2v) is 15.0. The molecule has 3 aliphatic rings. The molecule has 0 spiro atoms. The Hall–Kier alpha value is -3.32. The van der Waals surface area contributed by atoms with E-state index >= 15 is 0 Å². The lowest BCUT2D eigenvalue weighted by atomic mass is 9.77. The van der Waals surface area contributed by atoms with Gasteiger partial charge in [0.2, 0.25) is 0 Å². The average molecular weight is 584 g/mol. The summed E-state index contributed by atoms with van der Waals surface area (Å²) in [6.07, 6.45) is 10.3. The molecule has 0 saturated heterocycles. The van der Waals surface area contributed by atoms with Gasteiger partial charge in [-0.3, -0.25) is 0 Å². The molecule has 228 valence electrons. The van der Waals surface area contributed by atoms with E-state index < -0.39 is 11.8 Å². The van der Waals surface area contributed by atoms with Crippen LogP contribution in [0.4, 0.5) is 11.4 Å². The van der Waals surface area contributed by atoms with Crippen LogP contribution in [0.25, 0.3) is 22.3 Å². The molecule has 0 bridgehead atoms. The molecule has 7 rings (SSSR count). The van der Waals surface area contributed by atoms with Crippen LogP contribution in [0.3, 0.4) is 0 Å². The second kappa shape index (κ2) is 11.6. The Morgan fingerprint density at radius 1 is 0.614 bits per heavy atom. The van der Waals surface area contributed by atoms with Gasteiger partial charge in [0.25, 0.3) is 0 Å². The highest BCUT2D eigenvalue weighted by molar-refractivity contribution is 5.87. The first-order valence-electron chi connectivity index (χ1n) is 18.2. The third kappa shape index (κ3) is 5.11. The number of fused-ring (bicyclic) bond motifs is 3. The van der Waals surface area contributed by atoms with Crippen molar-refractivity contribution in [3.63, 3.8) is 0 Å². The summed E-state index contributed by atoms with van der Waals surface area (Å²) in [7, 11) is 0. The number of rotatable bonds is 5. The minimum Gasteiger partial charge on any atom is -0.336 e. The monoisotopic (exact) mass is 583 g/mol. The van der Waals surface area contributed by atoms with E-state index in [-0.39, 0.29) is 11.0 Å². The van der Waals surface area contributed by atoms with E-state index in [2.05, 4.69) is 124 Å². The molecule has 0 heterocycles. The predicted octanol–water partition coefficient (Wildman–Crippen LogP) is 12.7. The molecule has 4 aromatic rings.